The second-order valence-electron chi connectivity index (χ2n) is 4.76. The van der Waals surface area contributed by atoms with Crippen LogP contribution in [0.1, 0.15) is 26.7 Å². The molecule has 7 heteroatoms. The lowest BCUT2D eigenvalue weighted by molar-refractivity contribution is -0.123. The lowest BCUT2D eigenvalue weighted by Gasteiger charge is -2.12. The second-order valence-corrected chi connectivity index (χ2v) is 6.21. The van der Waals surface area contributed by atoms with Gasteiger partial charge in [0, 0.05) is 11.8 Å². The van der Waals surface area contributed by atoms with Crippen molar-refractivity contribution in [2.75, 3.05) is 17.6 Å². The summed E-state index contributed by atoms with van der Waals surface area (Å²) >= 11 is 1.53. The maximum atomic E-state index is 13.0. The molecular weight excluding hydrogens is 310 g/mol. The highest BCUT2D eigenvalue weighted by atomic mass is 32.2. The number of hydrogen-bond acceptors (Lipinski definition) is 3. The number of carbonyl (C=O) groups is 2. The highest BCUT2D eigenvalue weighted by molar-refractivity contribution is 8.00. The molecule has 0 aliphatic rings. The minimum atomic E-state index is -1.04. The molecule has 0 aliphatic heterocycles. The molecule has 1 aromatic rings. The Balaban J connectivity index is 2.35. The van der Waals surface area contributed by atoms with Gasteiger partial charge in [0.05, 0.1) is 11.8 Å². The van der Waals surface area contributed by atoms with Gasteiger partial charge < -0.3 is 10.6 Å². The highest BCUT2D eigenvalue weighted by Gasteiger charge is 2.14. The molecule has 122 valence electrons. The molecule has 1 rings (SSSR count). The zero-order chi connectivity index (χ0) is 16.5. The summed E-state index contributed by atoms with van der Waals surface area (Å²) in [4.78, 5) is 23.4. The fourth-order valence-electron chi connectivity index (χ4n) is 1.57. The Morgan fingerprint density at radius 2 is 2.00 bits per heavy atom. The maximum absolute atomic E-state index is 13.0. The van der Waals surface area contributed by atoms with E-state index in [1.165, 1.54) is 17.8 Å². The average molecular weight is 330 g/mol. The summed E-state index contributed by atoms with van der Waals surface area (Å²) in [6, 6.07) is 3.07. The Bertz CT molecular complexity index is 526. The van der Waals surface area contributed by atoms with Crippen LogP contribution in [-0.2, 0) is 9.59 Å². The van der Waals surface area contributed by atoms with Gasteiger partial charge in [-0.05, 0) is 31.2 Å². The third-order valence-corrected chi connectivity index (χ3v) is 4.10. The van der Waals surface area contributed by atoms with Gasteiger partial charge in [0.15, 0.2) is 11.6 Å². The summed E-state index contributed by atoms with van der Waals surface area (Å²) in [5, 5.41) is 4.67. The third kappa shape index (κ3) is 6.43. The molecule has 0 spiro atoms. The molecule has 1 aromatic carbocycles. The summed E-state index contributed by atoms with van der Waals surface area (Å²) in [5.74, 6) is -1.84. The SMILES string of the molecule is CCCCSC(C)C(=O)NCC(=O)Nc1ccc(F)c(F)c1. The molecule has 1 unspecified atom stereocenters. The first kappa shape index (κ1) is 18.4. The van der Waals surface area contributed by atoms with E-state index in [1.54, 1.807) is 6.92 Å². The van der Waals surface area contributed by atoms with E-state index in [-0.39, 0.29) is 23.4 Å². The van der Waals surface area contributed by atoms with E-state index in [0.717, 1.165) is 30.7 Å². The standard InChI is InChI=1S/C15H20F2N2O2S/c1-3-4-7-22-10(2)15(21)18-9-14(20)19-11-5-6-12(16)13(17)8-11/h5-6,8,10H,3-4,7,9H2,1-2H3,(H,18,21)(H,19,20). The number of benzene rings is 1. The molecule has 0 heterocycles. The van der Waals surface area contributed by atoms with E-state index in [4.69, 9.17) is 0 Å². The maximum Gasteiger partial charge on any atom is 0.243 e. The van der Waals surface area contributed by atoms with E-state index in [1.807, 2.05) is 0 Å². The van der Waals surface area contributed by atoms with Gasteiger partial charge in [0.1, 0.15) is 0 Å². The first-order chi connectivity index (χ1) is 10.4. The Labute approximate surface area is 133 Å². The summed E-state index contributed by atoms with van der Waals surface area (Å²) < 4.78 is 25.8. The van der Waals surface area contributed by atoms with Crippen LogP contribution in [0, 0.1) is 11.6 Å². The van der Waals surface area contributed by atoms with Crippen LogP contribution in [0.4, 0.5) is 14.5 Å². The van der Waals surface area contributed by atoms with Gasteiger partial charge in [-0.1, -0.05) is 13.3 Å². The molecule has 4 nitrogen and oxygen atoms in total. The summed E-state index contributed by atoms with van der Waals surface area (Å²) in [6.45, 7) is 3.65. The topological polar surface area (TPSA) is 58.2 Å². The van der Waals surface area contributed by atoms with Gasteiger partial charge in [-0.2, -0.15) is 0 Å². The zero-order valence-corrected chi connectivity index (χ0v) is 13.4. The second kappa shape index (κ2) is 9.40. The van der Waals surface area contributed by atoms with Crippen molar-refractivity contribution in [3.8, 4) is 0 Å². The summed E-state index contributed by atoms with van der Waals surface area (Å²) in [5.41, 5.74) is 0.142. The van der Waals surface area contributed by atoms with Crippen molar-refractivity contribution >= 4 is 29.3 Å². The Morgan fingerprint density at radius 3 is 2.64 bits per heavy atom. The van der Waals surface area contributed by atoms with Crippen molar-refractivity contribution in [2.24, 2.45) is 0 Å². The molecule has 0 aromatic heterocycles. The minimum Gasteiger partial charge on any atom is -0.346 e. The predicted molar refractivity (Wildman–Crippen MR) is 84.8 cm³/mol. The number of unbranched alkanes of at least 4 members (excludes halogenated alkanes) is 1. The van der Waals surface area contributed by atoms with Crippen LogP contribution < -0.4 is 10.6 Å². The normalized spacial score (nSPS) is 11.8. The zero-order valence-electron chi connectivity index (χ0n) is 12.6. The molecule has 2 amide bonds. The number of hydrogen-bond donors (Lipinski definition) is 2. The number of carbonyl (C=O) groups excluding carboxylic acids is 2. The van der Waals surface area contributed by atoms with Crippen LogP contribution in [0.25, 0.3) is 0 Å². The lowest BCUT2D eigenvalue weighted by Crippen LogP contribution is -2.37. The lowest BCUT2D eigenvalue weighted by atomic mass is 10.3. The smallest absolute Gasteiger partial charge is 0.243 e. The van der Waals surface area contributed by atoms with Gasteiger partial charge in [-0.3, -0.25) is 9.59 Å². The monoisotopic (exact) mass is 330 g/mol. The van der Waals surface area contributed by atoms with Crippen molar-refractivity contribution in [1.29, 1.82) is 0 Å². The molecule has 0 saturated carbocycles. The van der Waals surface area contributed by atoms with Crippen LogP contribution in [0.15, 0.2) is 18.2 Å². The first-order valence-corrected chi connectivity index (χ1v) is 8.13. The predicted octanol–water partition coefficient (Wildman–Crippen LogP) is 2.94. The van der Waals surface area contributed by atoms with Crippen LogP contribution >= 0.6 is 11.8 Å². The van der Waals surface area contributed by atoms with Crippen molar-refractivity contribution < 1.29 is 18.4 Å². The number of thioether (sulfide) groups is 1. The van der Waals surface area contributed by atoms with E-state index in [0.29, 0.717) is 0 Å². The molecule has 1 atom stereocenters. The van der Waals surface area contributed by atoms with Crippen LogP contribution in [0.5, 0.6) is 0 Å². The highest BCUT2D eigenvalue weighted by Crippen LogP contribution is 2.13. The molecule has 0 saturated heterocycles. The Hall–Kier alpha value is -1.63. The largest absolute Gasteiger partial charge is 0.346 e. The fourth-order valence-corrected chi connectivity index (χ4v) is 2.61. The van der Waals surface area contributed by atoms with Gasteiger partial charge in [0.2, 0.25) is 11.8 Å². The number of nitrogens with one attached hydrogen (secondary N) is 2. The van der Waals surface area contributed by atoms with Crippen LogP contribution in [0.3, 0.4) is 0 Å². The van der Waals surface area contributed by atoms with Crippen LogP contribution in [-0.4, -0.2) is 29.4 Å². The summed E-state index contributed by atoms with van der Waals surface area (Å²) in [6.07, 6.45) is 2.11. The van der Waals surface area contributed by atoms with Crippen LogP contribution in [0.2, 0.25) is 0 Å². The molecule has 2 N–H and O–H groups in total. The van der Waals surface area contributed by atoms with Crippen molar-refractivity contribution in [3.63, 3.8) is 0 Å². The van der Waals surface area contributed by atoms with E-state index in [9.17, 15) is 18.4 Å². The van der Waals surface area contributed by atoms with E-state index in [2.05, 4.69) is 17.6 Å². The fraction of sp³-hybridized carbons (Fsp3) is 0.467. The van der Waals surface area contributed by atoms with Gasteiger partial charge in [0.25, 0.3) is 0 Å². The molecule has 0 aliphatic carbocycles. The number of amides is 2. The van der Waals surface area contributed by atoms with Crippen molar-refractivity contribution in [2.45, 2.75) is 31.9 Å². The molecule has 0 bridgehead atoms. The molecule has 0 radical (unpaired) electrons. The number of rotatable bonds is 8. The molecule has 22 heavy (non-hydrogen) atoms. The summed E-state index contributed by atoms with van der Waals surface area (Å²) in [7, 11) is 0. The molecular formula is C15H20F2N2O2S. The number of halogens is 2. The number of anilines is 1. The average Bonchev–Trinajstić information content (AvgIpc) is 2.48. The quantitative estimate of drug-likeness (QED) is 0.721. The Morgan fingerprint density at radius 1 is 1.27 bits per heavy atom. The van der Waals surface area contributed by atoms with E-state index >= 15 is 0 Å². The van der Waals surface area contributed by atoms with E-state index < -0.39 is 17.5 Å². The van der Waals surface area contributed by atoms with Crippen molar-refractivity contribution in [3.05, 3.63) is 29.8 Å². The van der Waals surface area contributed by atoms with Crippen molar-refractivity contribution in [1.82, 2.24) is 5.32 Å². The van der Waals surface area contributed by atoms with Gasteiger partial charge in [-0.25, -0.2) is 8.78 Å². The minimum absolute atomic E-state index is 0.142. The third-order valence-electron chi connectivity index (χ3n) is 2.86. The Kier molecular flexibility index (Phi) is 7.87. The van der Waals surface area contributed by atoms with Gasteiger partial charge >= 0.3 is 0 Å². The molecule has 0 fully saturated rings. The van der Waals surface area contributed by atoms with Gasteiger partial charge in [-0.15, -0.1) is 11.8 Å². The first-order valence-electron chi connectivity index (χ1n) is 7.08.